The van der Waals surface area contributed by atoms with Crippen LogP contribution in [-0.4, -0.2) is 69.2 Å². The molecule has 5 rings (SSSR count). The number of alkyl halides is 2. The van der Waals surface area contributed by atoms with Crippen molar-refractivity contribution < 1.29 is 32.7 Å². The number of carbonyl (C=O) groups is 4. The highest BCUT2D eigenvalue weighted by atomic mass is 19.3. The number of amides is 2. The molecule has 0 spiro atoms. The maximum Gasteiger partial charge on any atom is 0.329 e. The number of imidazole rings is 1. The first-order valence-electron chi connectivity index (χ1n) is 17.1. The number of fused-ring (bicyclic) bond motifs is 1. The van der Waals surface area contributed by atoms with Gasteiger partial charge in [-0.05, 0) is 43.1 Å². The molecule has 1 aromatic heterocycles. The Hall–Kier alpha value is -3.63. The summed E-state index contributed by atoms with van der Waals surface area (Å²) < 4.78 is 36.8. The van der Waals surface area contributed by atoms with Crippen molar-refractivity contribution in [1.29, 1.82) is 0 Å². The van der Waals surface area contributed by atoms with Crippen LogP contribution in [0.3, 0.4) is 0 Å². The fraction of sp³-hybridized carbons (Fsp3) is 0.639. The molecular formula is C36H48F2N4O5. The van der Waals surface area contributed by atoms with Crippen LogP contribution in [0.1, 0.15) is 95.2 Å². The summed E-state index contributed by atoms with van der Waals surface area (Å²) in [5, 5.41) is 3.00. The monoisotopic (exact) mass is 654 g/mol. The summed E-state index contributed by atoms with van der Waals surface area (Å²) in [6, 6.07) is 7.73. The summed E-state index contributed by atoms with van der Waals surface area (Å²) in [5.74, 6) is -7.56. The summed E-state index contributed by atoms with van der Waals surface area (Å²) in [6.45, 7) is 7.40. The lowest BCUT2D eigenvalue weighted by molar-refractivity contribution is -0.157. The molecule has 1 aromatic carbocycles. The van der Waals surface area contributed by atoms with Gasteiger partial charge in [0.25, 0.3) is 11.8 Å². The minimum absolute atomic E-state index is 0.0681. The summed E-state index contributed by atoms with van der Waals surface area (Å²) in [5.41, 5.74) is 0.259. The molecule has 5 atom stereocenters. The zero-order valence-electron chi connectivity index (χ0n) is 27.9. The molecule has 2 aliphatic carbocycles. The van der Waals surface area contributed by atoms with Crippen molar-refractivity contribution in [2.45, 2.75) is 104 Å². The molecule has 2 saturated carbocycles. The zero-order valence-corrected chi connectivity index (χ0v) is 27.9. The Bertz CT molecular complexity index is 1430. The average Bonchev–Trinajstić information content (AvgIpc) is 3.74. The molecule has 11 heteroatoms. The van der Waals surface area contributed by atoms with E-state index >= 15 is 0 Å². The summed E-state index contributed by atoms with van der Waals surface area (Å²) in [7, 11) is 0. The number of nitrogens with zero attached hydrogens (tertiary/aromatic N) is 3. The highest BCUT2D eigenvalue weighted by molar-refractivity contribution is 5.97. The number of likely N-dealkylation sites (tertiary alicyclic amines) is 1. The fourth-order valence-corrected chi connectivity index (χ4v) is 7.87. The number of hydrogen-bond acceptors (Lipinski definition) is 6. The number of aromatic nitrogens is 2. The van der Waals surface area contributed by atoms with E-state index in [1.54, 1.807) is 23.9 Å². The number of carbonyl (C=O) groups excluding carboxylic acids is 4. The van der Waals surface area contributed by atoms with E-state index in [1.807, 2.05) is 51.1 Å². The van der Waals surface area contributed by atoms with Gasteiger partial charge in [0.05, 0.1) is 12.6 Å². The number of hydrogen-bond donors (Lipinski definition) is 1. The smallest absolute Gasteiger partial charge is 0.329 e. The number of esters is 1. The van der Waals surface area contributed by atoms with Crippen LogP contribution in [0.25, 0.3) is 0 Å². The number of rotatable bonds is 11. The van der Waals surface area contributed by atoms with Crippen molar-refractivity contribution in [3.05, 3.63) is 54.1 Å². The normalized spacial score (nSPS) is 24.0. The van der Waals surface area contributed by atoms with Crippen molar-refractivity contribution in [3.8, 4) is 0 Å². The molecule has 3 fully saturated rings. The molecular weight excluding hydrogens is 606 g/mol. The molecule has 2 heterocycles. The van der Waals surface area contributed by atoms with Gasteiger partial charge in [0.1, 0.15) is 6.04 Å². The van der Waals surface area contributed by atoms with E-state index in [-0.39, 0.29) is 49.9 Å². The summed E-state index contributed by atoms with van der Waals surface area (Å²) >= 11 is 0. The Morgan fingerprint density at radius 2 is 1.77 bits per heavy atom. The van der Waals surface area contributed by atoms with Gasteiger partial charge in [-0.15, -0.1) is 0 Å². The van der Waals surface area contributed by atoms with Crippen molar-refractivity contribution in [2.75, 3.05) is 13.2 Å². The van der Waals surface area contributed by atoms with Crippen LogP contribution >= 0.6 is 0 Å². The van der Waals surface area contributed by atoms with E-state index in [9.17, 15) is 28.0 Å². The van der Waals surface area contributed by atoms with Crippen molar-refractivity contribution in [1.82, 2.24) is 19.8 Å². The van der Waals surface area contributed by atoms with Gasteiger partial charge < -0.3 is 19.5 Å². The quantitative estimate of drug-likeness (QED) is 0.313. The summed E-state index contributed by atoms with van der Waals surface area (Å²) in [4.78, 5) is 61.0. The van der Waals surface area contributed by atoms with Crippen LogP contribution in [0.15, 0.2) is 42.7 Å². The molecule has 47 heavy (non-hydrogen) atoms. The molecule has 1 aliphatic heterocycles. The van der Waals surface area contributed by atoms with E-state index in [4.69, 9.17) is 4.74 Å². The first kappa shape index (κ1) is 34.7. The molecule has 2 aromatic rings. The Labute approximate surface area is 275 Å². The molecule has 1 saturated heterocycles. The minimum Gasteiger partial charge on any atom is -0.464 e. The lowest BCUT2D eigenvalue weighted by Crippen LogP contribution is -2.52. The van der Waals surface area contributed by atoms with Gasteiger partial charge in [0.15, 0.2) is 11.6 Å². The molecule has 3 aliphatic rings. The van der Waals surface area contributed by atoms with E-state index in [2.05, 4.69) is 10.3 Å². The van der Waals surface area contributed by atoms with Gasteiger partial charge >= 0.3 is 5.97 Å². The molecule has 2 amide bonds. The predicted octanol–water partition coefficient (Wildman–Crippen LogP) is 5.67. The van der Waals surface area contributed by atoms with Crippen molar-refractivity contribution in [2.24, 2.45) is 29.1 Å². The van der Waals surface area contributed by atoms with Gasteiger partial charge in [-0.3, -0.25) is 14.4 Å². The van der Waals surface area contributed by atoms with Crippen molar-refractivity contribution >= 4 is 23.6 Å². The van der Waals surface area contributed by atoms with Crippen LogP contribution in [0.2, 0.25) is 0 Å². The maximum atomic E-state index is 14.9. The SMILES string of the molecule is CCOC(=O)[C@@H]1[C@H]2CCC(F)(F)[C@H]2CN1C(=O)[C@@H](CC(=O)[C@@H](NC(=O)c1nccn1Cc1ccccc1)C1CCCCC1)C(C)(C)C. The Balaban J connectivity index is 1.38. The van der Waals surface area contributed by atoms with E-state index in [0.29, 0.717) is 6.54 Å². The first-order chi connectivity index (χ1) is 22.3. The van der Waals surface area contributed by atoms with E-state index in [0.717, 1.165) is 37.7 Å². The van der Waals surface area contributed by atoms with E-state index in [1.165, 1.54) is 4.90 Å². The molecule has 256 valence electrons. The second-order valence-electron chi connectivity index (χ2n) is 14.6. The fourth-order valence-electron chi connectivity index (χ4n) is 7.87. The lowest BCUT2D eigenvalue weighted by atomic mass is 9.74. The third-order valence-electron chi connectivity index (χ3n) is 10.4. The number of halogens is 2. The van der Waals surface area contributed by atoms with Crippen LogP contribution in [-0.2, 0) is 25.7 Å². The number of benzene rings is 1. The lowest BCUT2D eigenvalue weighted by Gasteiger charge is -2.37. The predicted molar refractivity (Wildman–Crippen MR) is 171 cm³/mol. The summed E-state index contributed by atoms with van der Waals surface area (Å²) in [6.07, 6.45) is 7.32. The van der Waals surface area contributed by atoms with Crippen molar-refractivity contribution in [3.63, 3.8) is 0 Å². The third kappa shape index (κ3) is 7.59. The topological polar surface area (TPSA) is 111 Å². The molecule has 0 unspecified atom stereocenters. The molecule has 1 N–H and O–H groups in total. The Morgan fingerprint density at radius 3 is 2.43 bits per heavy atom. The molecule has 0 bridgehead atoms. The maximum absolute atomic E-state index is 14.9. The minimum atomic E-state index is -2.99. The first-order valence-corrected chi connectivity index (χ1v) is 17.1. The second kappa shape index (κ2) is 14.2. The average molecular weight is 655 g/mol. The van der Waals surface area contributed by atoms with Gasteiger partial charge in [0, 0.05) is 56.1 Å². The number of Topliss-reactive ketones (excluding diaryl/α,β-unsaturated/α-hetero) is 1. The van der Waals surface area contributed by atoms with E-state index < -0.39 is 59.0 Å². The van der Waals surface area contributed by atoms with Crippen LogP contribution in [0, 0.1) is 29.1 Å². The molecule has 9 nitrogen and oxygen atoms in total. The largest absolute Gasteiger partial charge is 0.464 e. The zero-order chi connectivity index (χ0) is 33.9. The van der Waals surface area contributed by atoms with Gasteiger partial charge in [-0.1, -0.05) is 70.4 Å². The van der Waals surface area contributed by atoms with Crippen LogP contribution in [0.5, 0.6) is 0 Å². The molecule has 0 radical (unpaired) electrons. The van der Waals surface area contributed by atoms with Gasteiger partial charge in [0.2, 0.25) is 5.91 Å². The number of ketones is 1. The van der Waals surface area contributed by atoms with Crippen LogP contribution in [0.4, 0.5) is 8.78 Å². The Morgan fingerprint density at radius 1 is 1.06 bits per heavy atom. The van der Waals surface area contributed by atoms with Crippen LogP contribution < -0.4 is 5.32 Å². The second-order valence-corrected chi connectivity index (χ2v) is 14.6. The highest BCUT2D eigenvalue weighted by Gasteiger charge is 2.62. The Kier molecular flexibility index (Phi) is 10.5. The highest BCUT2D eigenvalue weighted by Crippen LogP contribution is 2.52. The standard InChI is InChI=1S/C36H48F2N4O5/c1-5-47-34(46)30-25-16-17-36(37,38)27(25)22-42(30)33(45)26(35(2,3)4)20-28(43)29(24-14-10-7-11-15-24)40-32(44)31-39-18-19-41(31)21-23-12-8-6-9-13-23/h6,8-9,12-13,18-19,24-27,29-30H,5,7,10-11,14-17,20-22H2,1-4H3,(H,40,44)/t25-,26+,27-,29-,30-/m0/s1. The number of ether oxygens (including phenoxy) is 1. The van der Waals surface area contributed by atoms with Gasteiger partial charge in [-0.2, -0.15) is 0 Å². The third-order valence-corrected chi connectivity index (χ3v) is 10.4. The van der Waals surface area contributed by atoms with Gasteiger partial charge in [-0.25, -0.2) is 18.6 Å². The number of nitrogens with one attached hydrogen (secondary N) is 1.